The standard InChI is InChI=1S/C18H28N4O4S/c1-6-11(4)16(21-22-19)14(23)7-12(10(2)3)8-15(24)17-20-13(9-27-17)18(25)26-5/h9-12,15-16,24H,6-8H2,1-5H3/t11?,12-,15-,16?/m1/s1. The van der Waals surface area contributed by atoms with Gasteiger partial charge in [-0.2, -0.15) is 0 Å². The third-order valence-corrected chi connectivity index (χ3v) is 5.77. The summed E-state index contributed by atoms with van der Waals surface area (Å²) in [5.74, 6) is -0.646. The van der Waals surface area contributed by atoms with E-state index in [0.29, 0.717) is 11.4 Å². The summed E-state index contributed by atoms with van der Waals surface area (Å²) in [5.41, 5.74) is 8.92. The maximum atomic E-state index is 12.7. The van der Waals surface area contributed by atoms with Crippen LogP contribution in [0.25, 0.3) is 10.4 Å². The van der Waals surface area contributed by atoms with Gasteiger partial charge in [-0.1, -0.05) is 39.2 Å². The highest BCUT2D eigenvalue weighted by Crippen LogP contribution is 2.31. The molecular formula is C18H28N4O4S. The molecule has 150 valence electrons. The number of azide groups is 1. The van der Waals surface area contributed by atoms with Gasteiger partial charge in [0, 0.05) is 16.7 Å². The minimum absolute atomic E-state index is 0.0345. The summed E-state index contributed by atoms with van der Waals surface area (Å²) >= 11 is 1.18. The monoisotopic (exact) mass is 396 g/mol. The van der Waals surface area contributed by atoms with Crippen molar-refractivity contribution in [1.82, 2.24) is 4.98 Å². The normalized spacial score (nSPS) is 15.5. The number of nitrogens with zero attached hydrogens (tertiary/aromatic N) is 4. The summed E-state index contributed by atoms with van der Waals surface area (Å²) in [5, 5.41) is 16.2. The van der Waals surface area contributed by atoms with Gasteiger partial charge in [0.15, 0.2) is 5.69 Å². The molecule has 0 aliphatic rings. The third kappa shape index (κ3) is 6.61. The molecule has 0 saturated carbocycles. The Morgan fingerprint density at radius 2 is 2.07 bits per heavy atom. The second-order valence-electron chi connectivity index (χ2n) is 7.02. The molecule has 0 amide bonds. The molecule has 0 fully saturated rings. The molecule has 0 aliphatic carbocycles. The van der Waals surface area contributed by atoms with Crippen LogP contribution in [0.15, 0.2) is 10.5 Å². The van der Waals surface area contributed by atoms with E-state index in [0.717, 1.165) is 6.42 Å². The lowest BCUT2D eigenvalue weighted by Gasteiger charge is -2.25. The summed E-state index contributed by atoms with van der Waals surface area (Å²) in [6, 6.07) is -0.691. The molecule has 1 aromatic heterocycles. The number of carbonyl (C=O) groups is 2. The minimum Gasteiger partial charge on any atom is -0.464 e. The average molecular weight is 397 g/mol. The van der Waals surface area contributed by atoms with Crippen LogP contribution in [0.5, 0.6) is 0 Å². The summed E-state index contributed by atoms with van der Waals surface area (Å²) in [6.07, 6.45) is 0.411. The van der Waals surface area contributed by atoms with Crippen molar-refractivity contribution < 1.29 is 19.4 Å². The fraction of sp³-hybridized carbons (Fsp3) is 0.722. The number of aliphatic hydroxyl groups is 1. The molecule has 0 aliphatic heterocycles. The number of carbonyl (C=O) groups excluding carboxylic acids is 2. The van der Waals surface area contributed by atoms with E-state index < -0.39 is 18.1 Å². The second-order valence-corrected chi connectivity index (χ2v) is 7.91. The molecular weight excluding hydrogens is 368 g/mol. The summed E-state index contributed by atoms with van der Waals surface area (Å²) in [4.78, 5) is 31.1. The predicted molar refractivity (Wildman–Crippen MR) is 103 cm³/mol. The maximum Gasteiger partial charge on any atom is 0.357 e. The van der Waals surface area contributed by atoms with Crippen LogP contribution >= 0.6 is 11.3 Å². The smallest absolute Gasteiger partial charge is 0.357 e. The lowest BCUT2D eigenvalue weighted by atomic mass is 9.82. The number of ether oxygens (including phenoxy) is 1. The number of rotatable bonds is 11. The van der Waals surface area contributed by atoms with Crippen LogP contribution in [-0.4, -0.2) is 35.0 Å². The number of aromatic nitrogens is 1. The van der Waals surface area contributed by atoms with Crippen LogP contribution in [0.4, 0.5) is 0 Å². The van der Waals surface area contributed by atoms with E-state index in [-0.39, 0.29) is 35.7 Å². The first kappa shape index (κ1) is 23.1. The molecule has 1 N–H and O–H groups in total. The molecule has 9 heteroatoms. The Hall–Kier alpha value is -1.96. The number of ketones is 1. The zero-order valence-electron chi connectivity index (χ0n) is 16.5. The van der Waals surface area contributed by atoms with E-state index in [9.17, 15) is 14.7 Å². The van der Waals surface area contributed by atoms with Gasteiger partial charge >= 0.3 is 5.97 Å². The predicted octanol–water partition coefficient (Wildman–Crippen LogP) is 4.31. The first-order valence-electron chi connectivity index (χ1n) is 9.03. The van der Waals surface area contributed by atoms with Crippen LogP contribution < -0.4 is 0 Å². The molecule has 1 aromatic rings. The molecule has 2 unspecified atom stereocenters. The van der Waals surface area contributed by atoms with Crippen molar-refractivity contribution in [2.45, 2.75) is 59.1 Å². The molecule has 0 saturated heterocycles. The number of Topliss-reactive ketones (excluding diaryl/α,β-unsaturated/α-hetero) is 1. The van der Waals surface area contributed by atoms with E-state index in [1.165, 1.54) is 18.4 Å². The first-order chi connectivity index (χ1) is 12.7. The number of thiazole rings is 1. The molecule has 0 bridgehead atoms. The number of hydrogen-bond donors (Lipinski definition) is 1. The van der Waals surface area contributed by atoms with Crippen molar-refractivity contribution in [2.24, 2.45) is 22.9 Å². The van der Waals surface area contributed by atoms with Gasteiger partial charge in [0.2, 0.25) is 0 Å². The van der Waals surface area contributed by atoms with Crippen molar-refractivity contribution in [1.29, 1.82) is 0 Å². The molecule has 0 spiro atoms. The summed E-state index contributed by atoms with van der Waals surface area (Å²) in [6.45, 7) is 7.81. The van der Waals surface area contributed by atoms with Crippen LogP contribution in [-0.2, 0) is 9.53 Å². The Balaban J connectivity index is 2.86. The highest BCUT2D eigenvalue weighted by Gasteiger charge is 2.29. The number of methoxy groups -OCH3 is 1. The minimum atomic E-state index is -0.880. The molecule has 1 heterocycles. The van der Waals surface area contributed by atoms with Crippen molar-refractivity contribution in [3.8, 4) is 0 Å². The Bertz CT molecular complexity index is 685. The third-order valence-electron chi connectivity index (χ3n) is 4.82. The average Bonchev–Trinajstić information content (AvgIpc) is 3.14. The van der Waals surface area contributed by atoms with Crippen LogP contribution in [0, 0.1) is 17.8 Å². The zero-order chi connectivity index (χ0) is 20.6. The lowest BCUT2D eigenvalue weighted by Crippen LogP contribution is -2.29. The van der Waals surface area contributed by atoms with Gasteiger partial charge in [0.25, 0.3) is 0 Å². The molecule has 4 atom stereocenters. The van der Waals surface area contributed by atoms with E-state index >= 15 is 0 Å². The van der Waals surface area contributed by atoms with Crippen molar-refractivity contribution in [2.75, 3.05) is 7.11 Å². The largest absolute Gasteiger partial charge is 0.464 e. The van der Waals surface area contributed by atoms with Crippen LogP contribution in [0.2, 0.25) is 0 Å². The van der Waals surface area contributed by atoms with Gasteiger partial charge < -0.3 is 9.84 Å². The molecule has 1 rings (SSSR count). The van der Waals surface area contributed by atoms with Crippen molar-refractivity contribution in [3.05, 3.63) is 26.5 Å². The highest BCUT2D eigenvalue weighted by molar-refractivity contribution is 7.09. The first-order valence-corrected chi connectivity index (χ1v) is 9.91. The Morgan fingerprint density at radius 1 is 1.41 bits per heavy atom. The Labute approximate surface area is 163 Å². The highest BCUT2D eigenvalue weighted by atomic mass is 32.1. The van der Waals surface area contributed by atoms with Gasteiger partial charge in [-0.15, -0.1) is 11.3 Å². The van der Waals surface area contributed by atoms with Crippen molar-refractivity contribution in [3.63, 3.8) is 0 Å². The number of hydrogen-bond acceptors (Lipinski definition) is 7. The van der Waals surface area contributed by atoms with E-state index in [1.807, 2.05) is 27.7 Å². The van der Waals surface area contributed by atoms with Gasteiger partial charge in [-0.25, -0.2) is 9.78 Å². The fourth-order valence-corrected chi connectivity index (χ4v) is 3.56. The van der Waals surface area contributed by atoms with Gasteiger partial charge in [-0.05, 0) is 29.7 Å². The van der Waals surface area contributed by atoms with Gasteiger partial charge in [0.1, 0.15) is 16.9 Å². The number of aliphatic hydroxyl groups excluding tert-OH is 1. The van der Waals surface area contributed by atoms with E-state index in [1.54, 1.807) is 5.38 Å². The zero-order valence-corrected chi connectivity index (χ0v) is 17.3. The lowest BCUT2D eigenvalue weighted by molar-refractivity contribution is -0.122. The Morgan fingerprint density at radius 3 is 2.59 bits per heavy atom. The molecule has 27 heavy (non-hydrogen) atoms. The van der Waals surface area contributed by atoms with Crippen LogP contribution in [0.1, 0.15) is 68.6 Å². The topological polar surface area (TPSA) is 125 Å². The summed E-state index contributed by atoms with van der Waals surface area (Å²) in [7, 11) is 1.27. The maximum absolute atomic E-state index is 12.7. The van der Waals surface area contributed by atoms with Gasteiger partial charge in [0.05, 0.1) is 13.2 Å². The number of esters is 1. The van der Waals surface area contributed by atoms with E-state index in [2.05, 4.69) is 19.7 Å². The van der Waals surface area contributed by atoms with Crippen LogP contribution in [0.3, 0.4) is 0 Å². The molecule has 0 radical (unpaired) electrons. The van der Waals surface area contributed by atoms with Gasteiger partial charge in [-0.3, -0.25) is 4.79 Å². The SMILES string of the molecule is CCC(C)C(N=[N+]=[N-])C(=O)C[C@H](C[C@@H](O)c1nc(C(=O)OC)cs1)C(C)C. The molecule has 8 nitrogen and oxygen atoms in total. The fourth-order valence-electron chi connectivity index (χ4n) is 2.77. The Kier molecular flexibility index (Phi) is 9.41. The van der Waals surface area contributed by atoms with Crippen molar-refractivity contribution >= 4 is 23.1 Å². The summed E-state index contributed by atoms with van der Waals surface area (Å²) < 4.78 is 4.62. The second kappa shape index (κ2) is 11.0. The van der Waals surface area contributed by atoms with E-state index in [4.69, 9.17) is 5.53 Å². The molecule has 0 aromatic carbocycles. The quantitative estimate of drug-likeness (QED) is 0.258.